The van der Waals surface area contributed by atoms with Gasteiger partial charge in [0.1, 0.15) is 0 Å². The Morgan fingerprint density at radius 2 is 0.823 bits per heavy atom. The first-order valence-corrected chi connectivity index (χ1v) is 22.5. The molecule has 0 amide bonds. The molecule has 12 aromatic rings. The van der Waals surface area contributed by atoms with E-state index in [0.717, 1.165) is 50.7 Å². The molecular weight excluding hydrogens is 793 g/mol. The minimum atomic E-state index is 0.897. The second-order valence-corrected chi connectivity index (χ2v) is 18.4. The highest BCUT2D eigenvalue weighted by atomic mass is 32.1. The largest absolute Gasteiger partial charge is 0.309 e. The lowest BCUT2D eigenvalue weighted by atomic mass is 9.99. The molecule has 0 bridgehead atoms. The maximum Gasteiger partial charge on any atom is 0.0716 e. The molecule has 6 aromatic heterocycles. The average molecular weight is 831 g/mol. The minimum absolute atomic E-state index is 0.897. The Morgan fingerprint density at radius 1 is 0.371 bits per heavy atom. The summed E-state index contributed by atoms with van der Waals surface area (Å²) >= 11 is 3.63. The van der Waals surface area contributed by atoms with E-state index in [2.05, 4.69) is 211 Å². The SMILES string of the molecule is Cc1ccc(-c2ccc(-n3c4ccccc4c4ccccc43)cc2-c2cc(-c3cccc(-c4cc(-n5c6ccccc6c6ccccc65)ccc4-c4ccc(C)s4)n3)ccn2)s1. The monoisotopic (exact) mass is 830 g/mol. The Bertz CT molecular complexity index is 3340. The van der Waals surface area contributed by atoms with Crippen LogP contribution in [-0.2, 0) is 0 Å². The standard InChI is InChI=1S/C56H38N4S2/c1-35-22-28-55(61-35)44-26-24-38(59-51-18-7-3-12-40(51)41-13-4-8-19-52(41)59)33-46(44)49-17-11-16-48(58-49)37-30-31-57-50(32-37)47-34-39(25-27-45(47)56-29-23-36(2)62-56)60-53-20-9-5-14-42(53)43-15-6-10-21-54(43)60/h3-34H,1-2H3. The van der Waals surface area contributed by atoms with Crippen LogP contribution >= 0.6 is 22.7 Å². The molecule has 0 unspecified atom stereocenters. The van der Waals surface area contributed by atoms with Gasteiger partial charge in [0, 0.05) is 86.4 Å². The van der Waals surface area contributed by atoms with Crippen molar-refractivity contribution in [2.24, 2.45) is 0 Å². The number of aryl methyl sites for hydroxylation is 2. The molecule has 294 valence electrons. The Labute approximate surface area is 367 Å². The predicted molar refractivity (Wildman–Crippen MR) is 263 cm³/mol. The summed E-state index contributed by atoms with van der Waals surface area (Å²) in [5.74, 6) is 0. The van der Waals surface area contributed by atoms with Gasteiger partial charge < -0.3 is 9.13 Å². The number of fused-ring (bicyclic) bond motifs is 6. The normalized spacial score (nSPS) is 11.7. The Hall–Kier alpha value is -7.38. The van der Waals surface area contributed by atoms with E-state index in [4.69, 9.17) is 9.97 Å². The van der Waals surface area contributed by atoms with Gasteiger partial charge in [0.25, 0.3) is 0 Å². The predicted octanol–water partition coefficient (Wildman–Crippen LogP) is 15.7. The van der Waals surface area contributed by atoms with Gasteiger partial charge in [0.05, 0.1) is 39.1 Å². The van der Waals surface area contributed by atoms with E-state index >= 15 is 0 Å². The molecule has 0 atom stereocenters. The van der Waals surface area contributed by atoms with Crippen molar-refractivity contribution in [1.82, 2.24) is 19.1 Å². The molecule has 0 radical (unpaired) electrons. The summed E-state index contributed by atoms with van der Waals surface area (Å²) in [5, 5.41) is 4.97. The van der Waals surface area contributed by atoms with Crippen molar-refractivity contribution in [3.8, 4) is 66.0 Å². The van der Waals surface area contributed by atoms with Gasteiger partial charge in [-0.15, -0.1) is 22.7 Å². The third-order valence-electron chi connectivity index (χ3n) is 12.1. The van der Waals surface area contributed by atoms with Crippen LogP contribution in [0.1, 0.15) is 9.75 Å². The van der Waals surface area contributed by atoms with Crippen molar-refractivity contribution in [3.63, 3.8) is 0 Å². The lowest BCUT2D eigenvalue weighted by molar-refractivity contribution is 1.18. The highest BCUT2D eigenvalue weighted by Crippen LogP contribution is 2.42. The number of pyridine rings is 2. The minimum Gasteiger partial charge on any atom is -0.309 e. The Morgan fingerprint density at radius 3 is 1.29 bits per heavy atom. The van der Waals surface area contributed by atoms with Crippen LogP contribution in [0.5, 0.6) is 0 Å². The maximum absolute atomic E-state index is 5.46. The number of nitrogens with zero attached hydrogens (tertiary/aromatic N) is 4. The molecule has 0 saturated carbocycles. The molecule has 0 aliphatic rings. The maximum atomic E-state index is 5.46. The number of hydrogen-bond acceptors (Lipinski definition) is 4. The fourth-order valence-electron chi connectivity index (χ4n) is 9.24. The van der Waals surface area contributed by atoms with Crippen molar-refractivity contribution < 1.29 is 0 Å². The van der Waals surface area contributed by atoms with Crippen LogP contribution in [0.4, 0.5) is 0 Å². The lowest BCUT2D eigenvalue weighted by Gasteiger charge is -2.15. The second-order valence-electron chi connectivity index (χ2n) is 15.9. The molecule has 0 saturated heterocycles. The van der Waals surface area contributed by atoms with E-state index in [1.807, 2.05) is 28.9 Å². The first-order valence-electron chi connectivity index (χ1n) is 20.9. The van der Waals surface area contributed by atoms with Gasteiger partial charge in [0.2, 0.25) is 0 Å². The van der Waals surface area contributed by atoms with Crippen LogP contribution in [0.3, 0.4) is 0 Å². The zero-order valence-electron chi connectivity index (χ0n) is 34.1. The van der Waals surface area contributed by atoms with E-state index in [0.29, 0.717) is 0 Å². The molecule has 0 spiro atoms. The van der Waals surface area contributed by atoms with E-state index < -0.39 is 0 Å². The van der Waals surface area contributed by atoms with Gasteiger partial charge in [-0.2, -0.15) is 0 Å². The number of benzene rings is 6. The molecule has 62 heavy (non-hydrogen) atoms. The topological polar surface area (TPSA) is 35.6 Å². The van der Waals surface area contributed by atoms with E-state index in [-0.39, 0.29) is 0 Å². The van der Waals surface area contributed by atoms with Crippen LogP contribution in [0.25, 0.3) is 110 Å². The van der Waals surface area contributed by atoms with Gasteiger partial charge in [-0.3, -0.25) is 4.98 Å². The summed E-state index contributed by atoms with van der Waals surface area (Å²) in [5.41, 5.74) is 15.2. The van der Waals surface area contributed by atoms with Crippen molar-refractivity contribution in [2.75, 3.05) is 0 Å². The molecule has 0 fully saturated rings. The van der Waals surface area contributed by atoms with Gasteiger partial charge in [-0.1, -0.05) is 91.0 Å². The average Bonchev–Trinajstić information content (AvgIpc) is 4.12. The second kappa shape index (κ2) is 14.7. The van der Waals surface area contributed by atoms with Crippen LogP contribution in [0, 0.1) is 13.8 Å². The number of rotatable bonds is 7. The Kier molecular flexibility index (Phi) is 8.63. The van der Waals surface area contributed by atoms with Gasteiger partial charge in [0.15, 0.2) is 0 Å². The van der Waals surface area contributed by atoms with Gasteiger partial charge in [-0.25, -0.2) is 4.98 Å². The van der Waals surface area contributed by atoms with Crippen LogP contribution in [-0.4, -0.2) is 19.1 Å². The molecule has 12 rings (SSSR count). The zero-order chi connectivity index (χ0) is 41.3. The Balaban J connectivity index is 1.01. The lowest BCUT2D eigenvalue weighted by Crippen LogP contribution is -1.97. The van der Waals surface area contributed by atoms with Crippen molar-refractivity contribution in [3.05, 3.63) is 204 Å². The fourth-order valence-corrected chi connectivity index (χ4v) is 11.1. The first kappa shape index (κ1) is 36.5. The molecule has 0 N–H and O–H groups in total. The van der Waals surface area contributed by atoms with Gasteiger partial charge in [-0.05, 0) is 111 Å². The van der Waals surface area contributed by atoms with E-state index in [1.54, 1.807) is 0 Å². The molecule has 4 nitrogen and oxygen atoms in total. The summed E-state index contributed by atoms with van der Waals surface area (Å²) in [6.45, 7) is 4.34. The smallest absolute Gasteiger partial charge is 0.0716 e. The molecule has 6 aromatic carbocycles. The summed E-state index contributed by atoms with van der Waals surface area (Å²) in [6.07, 6.45) is 1.93. The van der Waals surface area contributed by atoms with Crippen molar-refractivity contribution in [1.29, 1.82) is 0 Å². The highest BCUT2D eigenvalue weighted by molar-refractivity contribution is 7.15. The number of thiophene rings is 2. The summed E-state index contributed by atoms with van der Waals surface area (Å²) in [7, 11) is 0. The molecule has 0 aliphatic carbocycles. The quantitative estimate of drug-likeness (QED) is 0.160. The van der Waals surface area contributed by atoms with Crippen molar-refractivity contribution >= 4 is 66.3 Å². The van der Waals surface area contributed by atoms with Crippen LogP contribution in [0.2, 0.25) is 0 Å². The summed E-state index contributed by atoms with van der Waals surface area (Å²) in [6, 6.07) is 68.0. The zero-order valence-corrected chi connectivity index (χ0v) is 35.7. The molecule has 6 heterocycles. The number of hydrogen-bond donors (Lipinski definition) is 0. The first-order chi connectivity index (χ1) is 30.6. The van der Waals surface area contributed by atoms with E-state index in [1.165, 1.54) is 68.7 Å². The molecule has 0 aliphatic heterocycles. The number of aromatic nitrogens is 4. The third kappa shape index (κ3) is 6.02. The number of para-hydroxylation sites is 4. The fraction of sp³-hybridized carbons (Fsp3) is 0.0357. The van der Waals surface area contributed by atoms with Crippen LogP contribution in [0.15, 0.2) is 194 Å². The summed E-state index contributed by atoms with van der Waals surface area (Å²) < 4.78 is 4.77. The highest BCUT2D eigenvalue weighted by Gasteiger charge is 2.19. The third-order valence-corrected chi connectivity index (χ3v) is 14.1. The molecule has 6 heteroatoms. The molecular formula is C56H38N4S2. The van der Waals surface area contributed by atoms with Crippen molar-refractivity contribution in [2.45, 2.75) is 13.8 Å². The summed E-state index contributed by atoms with van der Waals surface area (Å²) in [4.78, 5) is 15.5. The van der Waals surface area contributed by atoms with Gasteiger partial charge >= 0.3 is 0 Å². The van der Waals surface area contributed by atoms with Crippen LogP contribution < -0.4 is 0 Å². The van der Waals surface area contributed by atoms with E-state index in [9.17, 15) is 0 Å².